The molecular formula is C20H19ClN2O3. The minimum absolute atomic E-state index is 0.0292. The third kappa shape index (κ3) is 3.78. The van der Waals surface area contributed by atoms with Crippen molar-refractivity contribution in [3.8, 4) is 0 Å². The first kappa shape index (κ1) is 18.1. The van der Waals surface area contributed by atoms with Crippen LogP contribution in [0.3, 0.4) is 0 Å². The SMILES string of the molecule is CC(=O)c1ccc(N2CC(C(=O)Nc3cc(Cl)ccc3C)CC2=O)cc1. The molecule has 2 aromatic carbocycles. The lowest BCUT2D eigenvalue weighted by Gasteiger charge is -2.17. The third-order valence-electron chi connectivity index (χ3n) is 4.54. The lowest BCUT2D eigenvalue weighted by Crippen LogP contribution is -2.28. The summed E-state index contributed by atoms with van der Waals surface area (Å²) < 4.78 is 0. The summed E-state index contributed by atoms with van der Waals surface area (Å²) in [6, 6.07) is 12.1. The minimum Gasteiger partial charge on any atom is -0.325 e. The molecule has 6 heteroatoms. The number of nitrogens with zero attached hydrogens (tertiary/aromatic N) is 1. The molecule has 5 nitrogen and oxygen atoms in total. The van der Waals surface area contributed by atoms with E-state index in [0.717, 1.165) is 5.56 Å². The highest BCUT2D eigenvalue weighted by molar-refractivity contribution is 6.31. The van der Waals surface area contributed by atoms with Gasteiger partial charge in [0.05, 0.1) is 5.92 Å². The Morgan fingerprint density at radius 3 is 2.50 bits per heavy atom. The Morgan fingerprint density at radius 2 is 1.85 bits per heavy atom. The summed E-state index contributed by atoms with van der Waals surface area (Å²) in [5.74, 6) is -0.776. The highest BCUT2D eigenvalue weighted by Crippen LogP contribution is 2.27. The number of rotatable bonds is 4. The van der Waals surface area contributed by atoms with Gasteiger partial charge in [0.2, 0.25) is 11.8 Å². The molecule has 0 bridgehead atoms. The van der Waals surface area contributed by atoms with E-state index in [4.69, 9.17) is 11.6 Å². The van der Waals surface area contributed by atoms with E-state index in [-0.39, 0.29) is 24.0 Å². The van der Waals surface area contributed by atoms with Gasteiger partial charge < -0.3 is 10.2 Å². The second-order valence-electron chi connectivity index (χ2n) is 6.46. The van der Waals surface area contributed by atoms with E-state index in [9.17, 15) is 14.4 Å². The lowest BCUT2D eigenvalue weighted by molar-refractivity contribution is -0.122. The molecule has 0 aliphatic carbocycles. The fraction of sp³-hybridized carbons (Fsp3) is 0.250. The molecular weight excluding hydrogens is 352 g/mol. The number of anilines is 2. The van der Waals surface area contributed by atoms with Gasteiger partial charge in [-0.1, -0.05) is 17.7 Å². The minimum atomic E-state index is -0.437. The number of hydrogen-bond acceptors (Lipinski definition) is 3. The van der Waals surface area contributed by atoms with Crippen molar-refractivity contribution < 1.29 is 14.4 Å². The van der Waals surface area contributed by atoms with Crippen molar-refractivity contribution in [2.24, 2.45) is 5.92 Å². The Labute approximate surface area is 156 Å². The van der Waals surface area contributed by atoms with Crippen molar-refractivity contribution in [1.82, 2.24) is 0 Å². The van der Waals surface area contributed by atoms with E-state index in [2.05, 4.69) is 5.32 Å². The Balaban J connectivity index is 1.71. The number of amides is 2. The van der Waals surface area contributed by atoms with Crippen molar-refractivity contribution in [3.63, 3.8) is 0 Å². The fourth-order valence-corrected chi connectivity index (χ4v) is 3.14. The molecule has 2 aromatic rings. The van der Waals surface area contributed by atoms with Crippen LogP contribution in [0.25, 0.3) is 0 Å². The van der Waals surface area contributed by atoms with E-state index < -0.39 is 5.92 Å². The van der Waals surface area contributed by atoms with Crippen LogP contribution in [0.15, 0.2) is 42.5 Å². The molecule has 3 rings (SSSR count). The molecule has 1 fully saturated rings. The first-order chi connectivity index (χ1) is 12.3. The van der Waals surface area contributed by atoms with Gasteiger partial charge in [0.15, 0.2) is 5.78 Å². The molecule has 1 atom stereocenters. The van der Waals surface area contributed by atoms with Gasteiger partial charge in [0.25, 0.3) is 0 Å². The summed E-state index contributed by atoms with van der Waals surface area (Å²) in [6.07, 6.45) is 0.153. The van der Waals surface area contributed by atoms with Crippen LogP contribution >= 0.6 is 11.6 Å². The third-order valence-corrected chi connectivity index (χ3v) is 4.77. The van der Waals surface area contributed by atoms with Crippen molar-refractivity contribution in [1.29, 1.82) is 0 Å². The van der Waals surface area contributed by atoms with Crippen molar-refractivity contribution in [2.45, 2.75) is 20.3 Å². The van der Waals surface area contributed by atoms with Gasteiger partial charge in [-0.3, -0.25) is 14.4 Å². The number of carbonyl (C=O) groups excluding carboxylic acids is 3. The highest BCUT2D eigenvalue weighted by Gasteiger charge is 2.35. The predicted molar refractivity (Wildman–Crippen MR) is 102 cm³/mol. The van der Waals surface area contributed by atoms with Crippen LogP contribution in [-0.4, -0.2) is 24.1 Å². The van der Waals surface area contributed by atoms with Gasteiger partial charge in [-0.15, -0.1) is 0 Å². The Kier molecular flexibility index (Phi) is 5.09. The fourth-order valence-electron chi connectivity index (χ4n) is 2.97. The number of aryl methyl sites for hydroxylation is 1. The second kappa shape index (κ2) is 7.30. The van der Waals surface area contributed by atoms with Crippen LogP contribution in [0.4, 0.5) is 11.4 Å². The number of Topliss-reactive ketones (excluding diaryl/α,β-unsaturated/α-hetero) is 1. The second-order valence-corrected chi connectivity index (χ2v) is 6.89. The maximum Gasteiger partial charge on any atom is 0.229 e. The molecule has 0 aromatic heterocycles. The molecule has 0 radical (unpaired) electrons. The molecule has 1 N–H and O–H groups in total. The Bertz CT molecular complexity index is 877. The monoisotopic (exact) mass is 370 g/mol. The van der Waals surface area contributed by atoms with Crippen LogP contribution in [0.1, 0.15) is 29.3 Å². The first-order valence-electron chi connectivity index (χ1n) is 8.33. The van der Waals surface area contributed by atoms with Crippen LogP contribution in [0.2, 0.25) is 5.02 Å². The van der Waals surface area contributed by atoms with E-state index in [1.54, 1.807) is 41.3 Å². The zero-order valence-corrected chi connectivity index (χ0v) is 15.3. The summed E-state index contributed by atoms with van der Waals surface area (Å²) in [6.45, 7) is 3.69. The van der Waals surface area contributed by atoms with Gasteiger partial charge in [-0.25, -0.2) is 0 Å². The first-order valence-corrected chi connectivity index (χ1v) is 8.71. The molecule has 26 heavy (non-hydrogen) atoms. The molecule has 0 spiro atoms. The van der Waals surface area contributed by atoms with Gasteiger partial charge in [-0.05, 0) is 55.8 Å². The molecule has 134 valence electrons. The average molecular weight is 371 g/mol. The molecule has 1 unspecified atom stereocenters. The number of nitrogens with one attached hydrogen (secondary N) is 1. The van der Waals surface area contributed by atoms with Crippen molar-refractivity contribution >= 4 is 40.6 Å². The Hall–Kier alpha value is -2.66. The van der Waals surface area contributed by atoms with E-state index in [1.807, 2.05) is 13.0 Å². The Morgan fingerprint density at radius 1 is 1.15 bits per heavy atom. The summed E-state index contributed by atoms with van der Waals surface area (Å²) >= 11 is 5.98. The van der Waals surface area contributed by atoms with Crippen LogP contribution in [0.5, 0.6) is 0 Å². The summed E-state index contributed by atoms with van der Waals surface area (Å²) in [5.41, 5.74) is 2.84. The molecule has 1 heterocycles. The number of ketones is 1. The number of benzene rings is 2. The van der Waals surface area contributed by atoms with Crippen LogP contribution in [-0.2, 0) is 9.59 Å². The van der Waals surface area contributed by atoms with Crippen LogP contribution < -0.4 is 10.2 Å². The predicted octanol–water partition coefficient (Wildman–Crippen LogP) is 3.84. The van der Waals surface area contributed by atoms with E-state index >= 15 is 0 Å². The van der Waals surface area contributed by atoms with Gasteiger partial charge in [0.1, 0.15) is 0 Å². The molecule has 1 aliphatic heterocycles. The van der Waals surface area contributed by atoms with E-state index in [0.29, 0.717) is 28.5 Å². The number of carbonyl (C=O) groups is 3. The molecule has 0 saturated carbocycles. The largest absolute Gasteiger partial charge is 0.325 e. The average Bonchev–Trinajstić information content (AvgIpc) is 3.00. The van der Waals surface area contributed by atoms with Gasteiger partial charge >= 0.3 is 0 Å². The topological polar surface area (TPSA) is 66.5 Å². The molecule has 1 saturated heterocycles. The summed E-state index contributed by atoms with van der Waals surface area (Å²) in [7, 11) is 0. The van der Waals surface area contributed by atoms with E-state index in [1.165, 1.54) is 6.92 Å². The highest BCUT2D eigenvalue weighted by atomic mass is 35.5. The smallest absolute Gasteiger partial charge is 0.229 e. The number of halogens is 1. The summed E-state index contributed by atoms with van der Waals surface area (Å²) in [5, 5.41) is 3.40. The lowest BCUT2D eigenvalue weighted by atomic mass is 10.1. The van der Waals surface area contributed by atoms with Gasteiger partial charge in [0, 0.05) is 34.9 Å². The maximum absolute atomic E-state index is 12.6. The summed E-state index contributed by atoms with van der Waals surface area (Å²) in [4.78, 5) is 37.9. The quantitative estimate of drug-likeness (QED) is 0.831. The molecule has 2 amide bonds. The molecule has 1 aliphatic rings. The van der Waals surface area contributed by atoms with Crippen LogP contribution in [0, 0.1) is 12.8 Å². The standard InChI is InChI=1S/C20H19ClN2O3/c1-12-3-6-16(21)10-18(12)22-20(26)15-9-19(25)23(11-15)17-7-4-14(5-8-17)13(2)24/h3-8,10,15H,9,11H2,1-2H3,(H,22,26). The van der Waals surface area contributed by atoms with Crippen molar-refractivity contribution in [3.05, 3.63) is 58.6 Å². The van der Waals surface area contributed by atoms with Crippen molar-refractivity contribution in [2.75, 3.05) is 16.8 Å². The van der Waals surface area contributed by atoms with Gasteiger partial charge in [-0.2, -0.15) is 0 Å². The maximum atomic E-state index is 12.6. The zero-order chi connectivity index (χ0) is 18.8. The number of hydrogen-bond donors (Lipinski definition) is 1. The zero-order valence-electron chi connectivity index (χ0n) is 14.6. The normalized spacial score (nSPS) is 16.7.